The van der Waals surface area contributed by atoms with E-state index in [0.29, 0.717) is 51.9 Å². The van der Waals surface area contributed by atoms with Gasteiger partial charge in [0.2, 0.25) is 17.7 Å². The summed E-state index contributed by atoms with van der Waals surface area (Å²) >= 11 is 0. The lowest BCUT2D eigenvalue weighted by atomic mass is 9.66. The Labute approximate surface area is 219 Å². The van der Waals surface area contributed by atoms with Crippen molar-refractivity contribution in [2.24, 2.45) is 11.8 Å². The molecule has 1 aromatic carbocycles. The third-order valence-corrected chi connectivity index (χ3v) is 8.24. The van der Waals surface area contributed by atoms with Crippen LogP contribution in [0.15, 0.2) is 55.6 Å². The van der Waals surface area contributed by atoms with E-state index in [0.717, 1.165) is 5.56 Å². The van der Waals surface area contributed by atoms with Gasteiger partial charge in [0.1, 0.15) is 11.6 Å². The van der Waals surface area contributed by atoms with Crippen molar-refractivity contribution in [1.82, 2.24) is 14.7 Å². The average molecular weight is 510 g/mol. The van der Waals surface area contributed by atoms with E-state index < -0.39 is 29.1 Å². The highest BCUT2D eigenvalue weighted by Gasteiger charge is 2.78. The number of fused-ring (bicyclic) bond motifs is 1. The second-order valence-corrected chi connectivity index (χ2v) is 10.7. The molecule has 0 radical (unpaired) electrons. The number of hydrogen-bond acceptors (Lipinski definition) is 5. The van der Waals surface area contributed by atoms with Crippen molar-refractivity contribution >= 4 is 17.7 Å². The molecule has 3 fully saturated rings. The molecule has 3 saturated heterocycles. The molecular formula is C29H39N3O5. The lowest BCUT2D eigenvalue weighted by molar-refractivity contribution is -0.153. The van der Waals surface area contributed by atoms with E-state index >= 15 is 0 Å². The predicted molar refractivity (Wildman–Crippen MR) is 140 cm³/mol. The van der Waals surface area contributed by atoms with Crippen LogP contribution in [-0.4, -0.2) is 88.1 Å². The molecule has 3 amide bonds. The highest BCUT2D eigenvalue weighted by molar-refractivity contribution is 5.99. The van der Waals surface area contributed by atoms with Gasteiger partial charge in [0.25, 0.3) is 0 Å². The van der Waals surface area contributed by atoms with Gasteiger partial charge in [-0.25, -0.2) is 0 Å². The highest BCUT2D eigenvalue weighted by atomic mass is 16.5. The van der Waals surface area contributed by atoms with E-state index in [2.05, 4.69) is 13.2 Å². The molecule has 0 aliphatic carbocycles. The number of carbonyl (C=O) groups excluding carboxylic acids is 3. The molecule has 3 aliphatic rings. The van der Waals surface area contributed by atoms with Gasteiger partial charge in [-0.3, -0.25) is 14.4 Å². The largest absolute Gasteiger partial charge is 0.396 e. The molecule has 8 heteroatoms. The van der Waals surface area contributed by atoms with Crippen LogP contribution in [0.5, 0.6) is 0 Å². The summed E-state index contributed by atoms with van der Waals surface area (Å²) in [7, 11) is 1.71. The fraction of sp³-hybridized carbons (Fsp3) is 0.552. The number of nitrogens with zero attached hydrogens (tertiary/aromatic N) is 3. The van der Waals surface area contributed by atoms with Crippen molar-refractivity contribution in [2.45, 2.75) is 56.4 Å². The second-order valence-electron chi connectivity index (χ2n) is 10.7. The minimum Gasteiger partial charge on any atom is -0.396 e. The van der Waals surface area contributed by atoms with E-state index in [-0.39, 0.29) is 24.3 Å². The molecule has 8 nitrogen and oxygen atoms in total. The highest BCUT2D eigenvalue weighted by Crippen LogP contribution is 2.63. The molecule has 1 aromatic rings. The number of rotatable bonds is 12. The molecule has 3 aliphatic heterocycles. The van der Waals surface area contributed by atoms with Crippen molar-refractivity contribution in [3.63, 3.8) is 0 Å². The van der Waals surface area contributed by atoms with Crippen LogP contribution in [0.25, 0.3) is 0 Å². The lowest BCUT2D eigenvalue weighted by Gasteiger charge is -2.37. The first-order valence-electron chi connectivity index (χ1n) is 13.1. The number of carbonyl (C=O) groups is 3. The third kappa shape index (κ3) is 4.61. The quantitative estimate of drug-likeness (QED) is 0.345. The van der Waals surface area contributed by atoms with Gasteiger partial charge >= 0.3 is 0 Å². The Hall–Kier alpha value is -2.97. The zero-order valence-electron chi connectivity index (χ0n) is 22.0. The van der Waals surface area contributed by atoms with Gasteiger partial charge in [-0.1, -0.05) is 42.5 Å². The normalized spacial score (nSPS) is 29.8. The number of ether oxygens (including phenoxy) is 1. The van der Waals surface area contributed by atoms with Crippen molar-refractivity contribution < 1.29 is 24.2 Å². The van der Waals surface area contributed by atoms with Crippen LogP contribution in [0.3, 0.4) is 0 Å². The summed E-state index contributed by atoms with van der Waals surface area (Å²) in [6, 6.07) is 8.88. The Balaban J connectivity index is 1.73. The van der Waals surface area contributed by atoms with Crippen molar-refractivity contribution in [3.8, 4) is 0 Å². The molecule has 0 aromatic heterocycles. The molecule has 37 heavy (non-hydrogen) atoms. The van der Waals surface area contributed by atoms with Crippen LogP contribution in [0, 0.1) is 11.8 Å². The number of aliphatic hydroxyl groups excluding tert-OH is 1. The van der Waals surface area contributed by atoms with Crippen LogP contribution in [0.4, 0.5) is 0 Å². The van der Waals surface area contributed by atoms with Gasteiger partial charge in [-0.15, -0.1) is 13.2 Å². The van der Waals surface area contributed by atoms with Gasteiger partial charge in [0.15, 0.2) is 0 Å². The van der Waals surface area contributed by atoms with Crippen LogP contribution >= 0.6 is 0 Å². The zero-order chi connectivity index (χ0) is 26.8. The van der Waals surface area contributed by atoms with E-state index in [1.165, 1.54) is 0 Å². The Morgan fingerprint density at radius 1 is 1.14 bits per heavy atom. The molecule has 5 atom stereocenters. The molecule has 3 heterocycles. The van der Waals surface area contributed by atoms with Gasteiger partial charge in [-0.2, -0.15) is 0 Å². The minimum absolute atomic E-state index is 0.00778. The fourth-order valence-electron chi connectivity index (χ4n) is 6.60. The van der Waals surface area contributed by atoms with Gasteiger partial charge in [0, 0.05) is 39.8 Å². The van der Waals surface area contributed by atoms with E-state index in [9.17, 15) is 19.5 Å². The van der Waals surface area contributed by atoms with Gasteiger partial charge in [0.05, 0.1) is 17.4 Å². The summed E-state index contributed by atoms with van der Waals surface area (Å²) in [5.74, 6) is -1.95. The first kappa shape index (κ1) is 27.1. The molecule has 2 bridgehead atoms. The van der Waals surface area contributed by atoms with Gasteiger partial charge < -0.3 is 24.5 Å². The Morgan fingerprint density at radius 3 is 2.49 bits per heavy atom. The number of hydrogen-bond donors (Lipinski definition) is 1. The summed E-state index contributed by atoms with van der Waals surface area (Å²) in [6.07, 6.45) is 5.56. The fourth-order valence-corrected chi connectivity index (χ4v) is 6.60. The van der Waals surface area contributed by atoms with Crippen LogP contribution < -0.4 is 0 Å². The summed E-state index contributed by atoms with van der Waals surface area (Å²) in [6.45, 7) is 10.9. The molecule has 200 valence electrons. The lowest BCUT2D eigenvalue weighted by Crippen LogP contribution is -2.56. The monoisotopic (exact) mass is 509 g/mol. The zero-order valence-corrected chi connectivity index (χ0v) is 22.0. The third-order valence-electron chi connectivity index (χ3n) is 8.24. The second kappa shape index (κ2) is 10.8. The molecule has 0 saturated carbocycles. The molecule has 1 N–H and O–H groups in total. The number of unbranched alkanes of at least 4 members (excludes halogenated alkanes) is 1. The maximum absolute atomic E-state index is 14.3. The smallest absolute Gasteiger partial charge is 0.248 e. The first-order chi connectivity index (χ1) is 17.7. The molecular weight excluding hydrogens is 470 g/mol. The Bertz CT molecular complexity index is 1050. The van der Waals surface area contributed by atoms with Gasteiger partial charge in [-0.05, 0) is 38.2 Å². The summed E-state index contributed by atoms with van der Waals surface area (Å²) in [5, 5.41) is 9.36. The van der Waals surface area contributed by atoms with E-state index in [1.54, 1.807) is 33.9 Å². The number of aliphatic hydroxyl groups is 1. The maximum Gasteiger partial charge on any atom is 0.248 e. The standard InChI is InChI=1S/C29H39N3O5/c1-5-16-30(4)25(34)22-23-26(35)32(18-10-11-19-33)24(29(23)15-14-28(22,3)37-29)27(36)31(17-6-2)20-21-12-8-7-9-13-21/h5-9,12-13,22-24,33H,1-2,10-11,14-20H2,3-4H3/t22-,23+,24?,28+,29?/m1/s1. The Kier molecular flexibility index (Phi) is 7.90. The van der Waals surface area contributed by atoms with Crippen molar-refractivity contribution in [2.75, 3.05) is 33.3 Å². The SMILES string of the molecule is C=CCN(C)C(=O)[C@H]1[C@H]2C(=O)N(CCCCO)C(C(=O)N(CC=C)Cc3ccccc3)C23CC[C@]1(C)O3. The molecule has 4 rings (SSSR count). The number of amides is 3. The predicted octanol–water partition coefficient (Wildman–Crippen LogP) is 2.38. The number of likely N-dealkylation sites (tertiary alicyclic amines) is 1. The molecule has 1 spiro atoms. The topological polar surface area (TPSA) is 90.4 Å². The molecule has 2 unspecified atom stereocenters. The summed E-state index contributed by atoms with van der Waals surface area (Å²) in [4.78, 5) is 46.9. The van der Waals surface area contributed by atoms with Crippen LogP contribution in [-0.2, 0) is 25.7 Å². The van der Waals surface area contributed by atoms with Crippen molar-refractivity contribution in [1.29, 1.82) is 0 Å². The Morgan fingerprint density at radius 2 is 1.84 bits per heavy atom. The van der Waals surface area contributed by atoms with Crippen LogP contribution in [0.2, 0.25) is 0 Å². The maximum atomic E-state index is 14.3. The van der Waals surface area contributed by atoms with Crippen molar-refractivity contribution in [3.05, 3.63) is 61.2 Å². The number of benzene rings is 1. The van der Waals surface area contributed by atoms with E-state index in [4.69, 9.17) is 4.74 Å². The first-order valence-corrected chi connectivity index (χ1v) is 13.1. The van der Waals surface area contributed by atoms with E-state index in [1.807, 2.05) is 37.3 Å². The number of likely N-dealkylation sites (N-methyl/N-ethyl adjacent to an activating group) is 1. The van der Waals surface area contributed by atoms with Crippen LogP contribution in [0.1, 0.15) is 38.2 Å². The average Bonchev–Trinajstić information content (AvgIpc) is 3.45. The summed E-state index contributed by atoms with van der Waals surface area (Å²) in [5.41, 5.74) is -0.899. The summed E-state index contributed by atoms with van der Waals surface area (Å²) < 4.78 is 6.69. The minimum atomic E-state index is -1.06.